The number of benzene rings is 2. The van der Waals surface area contributed by atoms with Gasteiger partial charge in [-0.05, 0) is 37.1 Å². The number of nitrogens with zero attached hydrogens (tertiary/aromatic N) is 4. The van der Waals surface area contributed by atoms with Crippen LogP contribution in [-0.4, -0.2) is 41.3 Å². The zero-order chi connectivity index (χ0) is 20.1. The van der Waals surface area contributed by atoms with Gasteiger partial charge in [0, 0.05) is 24.5 Å². The molecule has 2 heterocycles. The minimum atomic E-state index is 0.516. The van der Waals surface area contributed by atoms with E-state index >= 15 is 0 Å². The average Bonchev–Trinajstić information content (AvgIpc) is 2.76. The maximum absolute atomic E-state index is 5.47. The number of ether oxygens (including phenoxy) is 1. The van der Waals surface area contributed by atoms with Crippen molar-refractivity contribution in [2.45, 2.75) is 20.3 Å². The van der Waals surface area contributed by atoms with Gasteiger partial charge < -0.3 is 20.3 Å². The lowest BCUT2D eigenvalue weighted by molar-refractivity contribution is 0.122. The van der Waals surface area contributed by atoms with Crippen LogP contribution in [0.4, 0.5) is 29.2 Å². The fraction of sp³-hybridized carbons (Fsp3) is 0.318. The molecule has 1 aliphatic heterocycles. The Morgan fingerprint density at radius 1 is 0.897 bits per heavy atom. The molecule has 150 valence electrons. The number of aryl methyl sites for hydroxylation is 2. The number of morpholine rings is 1. The lowest BCUT2D eigenvalue weighted by Crippen LogP contribution is -2.37. The van der Waals surface area contributed by atoms with E-state index in [0.29, 0.717) is 31.1 Å². The van der Waals surface area contributed by atoms with Crippen molar-refractivity contribution in [3.8, 4) is 0 Å². The molecule has 0 bridgehead atoms. The third kappa shape index (κ3) is 4.81. The van der Waals surface area contributed by atoms with Gasteiger partial charge in [-0.3, -0.25) is 0 Å². The predicted molar refractivity (Wildman–Crippen MR) is 116 cm³/mol. The molecule has 0 amide bonds. The largest absolute Gasteiger partial charge is 0.378 e. The predicted octanol–water partition coefficient (Wildman–Crippen LogP) is 4.07. The first kappa shape index (κ1) is 19.1. The van der Waals surface area contributed by atoms with Gasteiger partial charge in [0.25, 0.3) is 0 Å². The maximum atomic E-state index is 5.47. The van der Waals surface area contributed by atoms with E-state index in [2.05, 4.69) is 62.5 Å². The van der Waals surface area contributed by atoms with Gasteiger partial charge in [-0.2, -0.15) is 15.0 Å². The summed E-state index contributed by atoms with van der Waals surface area (Å²) in [5.41, 5.74) is 4.37. The first-order valence-corrected chi connectivity index (χ1v) is 9.98. The van der Waals surface area contributed by atoms with E-state index in [1.807, 2.05) is 30.3 Å². The second-order valence-corrected chi connectivity index (χ2v) is 7.01. The molecule has 2 aromatic carbocycles. The molecule has 4 rings (SSSR count). The first-order valence-electron chi connectivity index (χ1n) is 9.98. The fourth-order valence-electron chi connectivity index (χ4n) is 3.22. The second kappa shape index (κ2) is 8.87. The van der Waals surface area contributed by atoms with E-state index in [9.17, 15) is 0 Å². The number of nitrogens with one attached hydrogen (secondary N) is 2. The van der Waals surface area contributed by atoms with Crippen LogP contribution < -0.4 is 15.5 Å². The number of anilines is 5. The molecule has 0 spiro atoms. The van der Waals surface area contributed by atoms with E-state index in [4.69, 9.17) is 4.74 Å². The van der Waals surface area contributed by atoms with Crippen molar-refractivity contribution in [1.29, 1.82) is 0 Å². The average molecular weight is 390 g/mol. The zero-order valence-corrected chi connectivity index (χ0v) is 16.9. The molecule has 3 aromatic rings. The van der Waals surface area contributed by atoms with Crippen LogP contribution in [0.1, 0.15) is 18.1 Å². The third-order valence-corrected chi connectivity index (χ3v) is 4.87. The molecule has 29 heavy (non-hydrogen) atoms. The summed E-state index contributed by atoms with van der Waals surface area (Å²) in [5, 5.41) is 6.68. The van der Waals surface area contributed by atoms with Crippen LogP contribution in [0, 0.1) is 6.92 Å². The lowest BCUT2D eigenvalue weighted by Gasteiger charge is -2.27. The van der Waals surface area contributed by atoms with Crippen molar-refractivity contribution >= 4 is 29.2 Å². The van der Waals surface area contributed by atoms with Gasteiger partial charge in [0.15, 0.2) is 0 Å². The van der Waals surface area contributed by atoms with Crippen LogP contribution in [0.25, 0.3) is 0 Å². The highest BCUT2D eigenvalue weighted by molar-refractivity contribution is 5.62. The highest BCUT2D eigenvalue weighted by Crippen LogP contribution is 2.23. The summed E-state index contributed by atoms with van der Waals surface area (Å²) in [6, 6.07) is 16.4. The molecule has 7 nitrogen and oxygen atoms in total. The monoisotopic (exact) mass is 390 g/mol. The second-order valence-electron chi connectivity index (χ2n) is 7.01. The number of hydrogen-bond donors (Lipinski definition) is 2. The normalized spacial score (nSPS) is 13.9. The number of aromatic nitrogens is 3. The fourth-order valence-corrected chi connectivity index (χ4v) is 3.22. The van der Waals surface area contributed by atoms with Crippen molar-refractivity contribution in [1.82, 2.24) is 15.0 Å². The molecule has 1 aliphatic rings. The Hall–Kier alpha value is -3.19. The third-order valence-electron chi connectivity index (χ3n) is 4.87. The van der Waals surface area contributed by atoms with Gasteiger partial charge >= 0.3 is 0 Å². The van der Waals surface area contributed by atoms with Crippen molar-refractivity contribution in [3.05, 3.63) is 59.7 Å². The quantitative estimate of drug-likeness (QED) is 0.657. The van der Waals surface area contributed by atoms with E-state index in [-0.39, 0.29) is 0 Å². The van der Waals surface area contributed by atoms with Crippen LogP contribution in [0.3, 0.4) is 0 Å². The summed E-state index contributed by atoms with van der Waals surface area (Å²) in [6.07, 6.45) is 0.930. The molecule has 0 unspecified atom stereocenters. The Kier molecular flexibility index (Phi) is 5.86. The van der Waals surface area contributed by atoms with E-state index < -0.39 is 0 Å². The number of hydrogen-bond acceptors (Lipinski definition) is 7. The summed E-state index contributed by atoms with van der Waals surface area (Å²) in [7, 11) is 0. The Morgan fingerprint density at radius 3 is 2.31 bits per heavy atom. The summed E-state index contributed by atoms with van der Waals surface area (Å²) in [4.78, 5) is 16.1. The minimum Gasteiger partial charge on any atom is -0.378 e. The standard InChI is InChI=1S/C22H26N6O/c1-3-17-6-4-5-7-19(17)24-21-25-20(23-18-10-8-16(2)9-11-18)26-22(27-21)28-12-14-29-15-13-28/h4-11H,3,12-15H2,1-2H3,(H2,23,24,25,26,27). The van der Waals surface area contributed by atoms with Gasteiger partial charge in [0.05, 0.1) is 13.2 Å². The van der Waals surface area contributed by atoms with Crippen LogP contribution in [0.5, 0.6) is 0 Å². The molecule has 0 saturated carbocycles. The number of para-hydroxylation sites is 1. The van der Waals surface area contributed by atoms with Crippen LogP contribution in [0.2, 0.25) is 0 Å². The topological polar surface area (TPSA) is 75.2 Å². The van der Waals surface area contributed by atoms with Crippen molar-refractivity contribution in [2.24, 2.45) is 0 Å². The Balaban J connectivity index is 1.66. The van der Waals surface area contributed by atoms with E-state index in [0.717, 1.165) is 30.9 Å². The smallest absolute Gasteiger partial charge is 0.233 e. The molecule has 1 fully saturated rings. The first-order chi connectivity index (χ1) is 14.2. The van der Waals surface area contributed by atoms with Crippen molar-refractivity contribution in [2.75, 3.05) is 41.8 Å². The SMILES string of the molecule is CCc1ccccc1Nc1nc(Nc2ccc(C)cc2)nc(N2CCOCC2)n1. The van der Waals surface area contributed by atoms with Crippen molar-refractivity contribution < 1.29 is 4.74 Å². The highest BCUT2D eigenvalue weighted by Gasteiger charge is 2.17. The summed E-state index contributed by atoms with van der Waals surface area (Å²) < 4.78 is 5.47. The Labute approximate surface area is 171 Å². The molecule has 1 aromatic heterocycles. The van der Waals surface area contributed by atoms with Crippen LogP contribution in [-0.2, 0) is 11.2 Å². The molecule has 7 heteroatoms. The summed E-state index contributed by atoms with van der Waals surface area (Å²) in [6.45, 7) is 7.08. The van der Waals surface area contributed by atoms with E-state index in [1.165, 1.54) is 11.1 Å². The molecule has 0 aliphatic carbocycles. The molecule has 1 saturated heterocycles. The van der Waals surface area contributed by atoms with Gasteiger partial charge in [0.2, 0.25) is 17.8 Å². The molecular formula is C22H26N6O. The van der Waals surface area contributed by atoms with Gasteiger partial charge in [0.1, 0.15) is 0 Å². The minimum absolute atomic E-state index is 0.516. The number of rotatable bonds is 6. The molecule has 0 atom stereocenters. The summed E-state index contributed by atoms with van der Waals surface area (Å²) in [5.74, 6) is 1.69. The summed E-state index contributed by atoms with van der Waals surface area (Å²) >= 11 is 0. The van der Waals surface area contributed by atoms with Gasteiger partial charge in [-0.25, -0.2) is 0 Å². The Bertz CT molecular complexity index is 954. The maximum Gasteiger partial charge on any atom is 0.233 e. The Morgan fingerprint density at radius 2 is 1.59 bits per heavy atom. The van der Waals surface area contributed by atoms with E-state index in [1.54, 1.807) is 0 Å². The van der Waals surface area contributed by atoms with Gasteiger partial charge in [-0.15, -0.1) is 0 Å². The zero-order valence-electron chi connectivity index (χ0n) is 16.9. The lowest BCUT2D eigenvalue weighted by atomic mass is 10.1. The van der Waals surface area contributed by atoms with Crippen LogP contribution in [0.15, 0.2) is 48.5 Å². The van der Waals surface area contributed by atoms with Gasteiger partial charge in [-0.1, -0.05) is 42.8 Å². The highest BCUT2D eigenvalue weighted by atomic mass is 16.5. The molecular weight excluding hydrogens is 364 g/mol. The molecule has 0 radical (unpaired) electrons. The molecule has 2 N–H and O–H groups in total. The van der Waals surface area contributed by atoms with Crippen LogP contribution >= 0.6 is 0 Å². The van der Waals surface area contributed by atoms with Crippen molar-refractivity contribution in [3.63, 3.8) is 0 Å².